The SMILES string of the molecule is COc1ccc(CNC(=O)c2cccc(CN3CC[N+](C)(C)CC3)c2)cc1-c1cccc(CN2CCN[C@@H](C)C2)c1.O=C(O)C(F)(F)F.O=C([O-])C(F)(F)F. The lowest BCUT2D eigenvalue weighted by molar-refractivity contribution is -0.894. The third kappa shape index (κ3) is 15.2. The topological polar surface area (TPSA) is 134 Å². The molecule has 5 rings (SSSR count). The molecule has 0 unspecified atom stereocenters. The molecule has 17 heteroatoms. The number of carboxylic acid groups (broad SMARTS) is 2. The van der Waals surface area contributed by atoms with Crippen molar-refractivity contribution in [1.82, 2.24) is 20.4 Å². The minimum Gasteiger partial charge on any atom is -0.542 e. The molecule has 2 aliphatic rings. The van der Waals surface area contributed by atoms with Gasteiger partial charge in [0.1, 0.15) is 11.7 Å². The fraction of sp³-hybridized carbons (Fsp3) is 0.447. The number of hydrogen-bond donors (Lipinski definition) is 3. The number of carboxylic acids is 2. The van der Waals surface area contributed by atoms with Crippen LogP contribution < -0.4 is 20.5 Å². The van der Waals surface area contributed by atoms with Gasteiger partial charge in [-0.25, -0.2) is 4.79 Å². The number of carbonyl (C=O) groups is 3. The van der Waals surface area contributed by atoms with Gasteiger partial charge in [-0.15, -0.1) is 0 Å². The van der Waals surface area contributed by atoms with Crippen molar-refractivity contribution in [1.29, 1.82) is 0 Å². The van der Waals surface area contributed by atoms with Crippen LogP contribution in [0.15, 0.2) is 66.7 Å². The summed E-state index contributed by atoms with van der Waals surface area (Å²) in [7, 11) is 6.30. The first-order chi connectivity index (χ1) is 25.7. The molecule has 2 saturated heterocycles. The van der Waals surface area contributed by atoms with Crippen LogP contribution in [0.3, 0.4) is 0 Å². The van der Waals surface area contributed by atoms with E-state index in [0.717, 1.165) is 85.8 Å². The highest BCUT2D eigenvalue weighted by Crippen LogP contribution is 2.32. The molecule has 0 aliphatic carbocycles. The van der Waals surface area contributed by atoms with Gasteiger partial charge in [-0.3, -0.25) is 14.6 Å². The van der Waals surface area contributed by atoms with Crippen molar-refractivity contribution in [2.45, 2.75) is 45.0 Å². The van der Waals surface area contributed by atoms with Gasteiger partial charge in [-0.1, -0.05) is 36.4 Å². The summed E-state index contributed by atoms with van der Waals surface area (Å²) in [4.78, 5) is 35.8. The first-order valence-electron chi connectivity index (χ1n) is 17.4. The van der Waals surface area contributed by atoms with Crippen LogP contribution in [-0.4, -0.2) is 123 Å². The zero-order chi connectivity index (χ0) is 41.0. The molecule has 1 amide bonds. The van der Waals surface area contributed by atoms with E-state index in [1.807, 2.05) is 30.3 Å². The molecule has 0 radical (unpaired) electrons. The van der Waals surface area contributed by atoms with Crippen molar-refractivity contribution >= 4 is 17.8 Å². The zero-order valence-corrected chi connectivity index (χ0v) is 31.1. The van der Waals surface area contributed by atoms with Crippen LogP contribution in [0.25, 0.3) is 11.1 Å². The first kappa shape index (κ1) is 44.7. The number of amides is 1. The Kier molecular flexibility index (Phi) is 16.0. The largest absolute Gasteiger partial charge is 0.542 e. The molecule has 3 aromatic rings. The van der Waals surface area contributed by atoms with Crippen molar-refractivity contribution in [3.63, 3.8) is 0 Å². The fourth-order valence-electron chi connectivity index (χ4n) is 5.90. The van der Waals surface area contributed by atoms with Crippen LogP contribution >= 0.6 is 0 Å². The van der Waals surface area contributed by atoms with E-state index in [-0.39, 0.29) is 5.91 Å². The third-order valence-corrected chi connectivity index (χ3v) is 8.93. The predicted molar refractivity (Wildman–Crippen MR) is 191 cm³/mol. The Balaban J connectivity index is 0.000000494. The van der Waals surface area contributed by atoms with E-state index in [1.54, 1.807) is 7.11 Å². The highest BCUT2D eigenvalue weighted by Gasteiger charge is 2.38. The third-order valence-electron chi connectivity index (χ3n) is 8.93. The van der Waals surface area contributed by atoms with Crippen LogP contribution in [0.1, 0.15) is 34.0 Å². The lowest BCUT2D eigenvalue weighted by Crippen LogP contribution is -2.54. The number of hydrogen-bond acceptors (Lipinski definition) is 8. The summed E-state index contributed by atoms with van der Waals surface area (Å²) in [6.07, 6.45) is -10.3. The van der Waals surface area contributed by atoms with E-state index in [2.05, 4.69) is 77.9 Å². The smallest absolute Gasteiger partial charge is 0.490 e. The highest BCUT2D eigenvalue weighted by molar-refractivity contribution is 5.94. The molecule has 2 fully saturated rings. The summed E-state index contributed by atoms with van der Waals surface area (Å²) in [6.45, 7) is 12.1. The van der Waals surface area contributed by atoms with Crippen LogP contribution in [0.4, 0.5) is 26.3 Å². The molecule has 2 aliphatic heterocycles. The number of quaternary nitrogens is 1. The fourth-order valence-corrected chi connectivity index (χ4v) is 5.90. The molecule has 0 bridgehead atoms. The second-order valence-corrected chi connectivity index (χ2v) is 14.0. The number of benzene rings is 3. The molecule has 2 heterocycles. The number of carbonyl (C=O) groups excluding carboxylic acids is 2. The van der Waals surface area contributed by atoms with E-state index in [9.17, 15) is 31.1 Å². The number of likely N-dealkylation sites (N-methyl/N-ethyl adjacent to an activating group) is 1. The average Bonchev–Trinajstić information content (AvgIpc) is 3.11. The molecular formula is C38H47F6N5O6. The Morgan fingerprint density at radius 2 is 1.45 bits per heavy atom. The van der Waals surface area contributed by atoms with E-state index < -0.39 is 24.3 Å². The number of rotatable bonds is 9. The quantitative estimate of drug-likeness (QED) is 0.218. The summed E-state index contributed by atoms with van der Waals surface area (Å²) < 4.78 is 70.1. The van der Waals surface area contributed by atoms with Crippen molar-refractivity contribution in [3.05, 3.63) is 89.0 Å². The van der Waals surface area contributed by atoms with Crippen molar-refractivity contribution in [2.24, 2.45) is 0 Å². The summed E-state index contributed by atoms with van der Waals surface area (Å²) in [5.41, 5.74) is 6.40. The number of methoxy groups -OCH3 is 1. The molecule has 0 spiro atoms. The molecule has 3 aromatic carbocycles. The Labute approximate surface area is 316 Å². The van der Waals surface area contributed by atoms with Gasteiger partial charge in [0.15, 0.2) is 0 Å². The molecule has 11 nitrogen and oxygen atoms in total. The summed E-state index contributed by atoms with van der Waals surface area (Å²) in [6, 6.07) is 23.5. The molecule has 302 valence electrons. The van der Waals surface area contributed by atoms with Gasteiger partial charge < -0.3 is 34.9 Å². The number of aliphatic carboxylic acids is 2. The van der Waals surface area contributed by atoms with E-state index >= 15 is 0 Å². The van der Waals surface area contributed by atoms with Crippen LogP contribution in [0, 0.1) is 0 Å². The maximum atomic E-state index is 13.1. The Bertz CT molecular complexity index is 1720. The number of alkyl halides is 6. The summed E-state index contributed by atoms with van der Waals surface area (Å²) >= 11 is 0. The van der Waals surface area contributed by atoms with Gasteiger partial charge in [0.2, 0.25) is 0 Å². The second kappa shape index (κ2) is 19.7. The highest BCUT2D eigenvalue weighted by atomic mass is 19.4. The summed E-state index contributed by atoms with van der Waals surface area (Å²) in [5, 5.41) is 22.6. The van der Waals surface area contributed by atoms with Crippen LogP contribution in [0.5, 0.6) is 5.75 Å². The van der Waals surface area contributed by atoms with E-state index in [4.69, 9.17) is 24.5 Å². The minimum atomic E-state index is -5.19. The van der Waals surface area contributed by atoms with Crippen LogP contribution in [0.2, 0.25) is 0 Å². The Morgan fingerprint density at radius 1 is 0.873 bits per heavy atom. The van der Waals surface area contributed by atoms with Gasteiger partial charge in [0.25, 0.3) is 5.91 Å². The number of piperazine rings is 2. The van der Waals surface area contributed by atoms with Crippen molar-refractivity contribution in [2.75, 3.05) is 67.0 Å². The van der Waals surface area contributed by atoms with Gasteiger partial charge in [0.05, 0.1) is 34.3 Å². The van der Waals surface area contributed by atoms with Gasteiger partial charge in [-0.05, 0) is 59.5 Å². The van der Waals surface area contributed by atoms with Crippen LogP contribution in [-0.2, 0) is 29.2 Å². The summed E-state index contributed by atoms with van der Waals surface area (Å²) in [5.74, 6) is -4.98. The first-order valence-corrected chi connectivity index (χ1v) is 17.4. The monoisotopic (exact) mass is 783 g/mol. The zero-order valence-electron chi connectivity index (χ0n) is 31.1. The van der Waals surface area contributed by atoms with Gasteiger partial charge in [-0.2, -0.15) is 26.3 Å². The normalized spacial score (nSPS) is 17.5. The van der Waals surface area contributed by atoms with Gasteiger partial charge in [0, 0.05) is 69.5 Å². The number of nitrogens with zero attached hydrogens (tertiary/aromatic N) is 3. The van der Waals surface area contributed by atoms with E-state index in [0.29, 0.717) is 18.2 Å². The number of nitrogens with one attached hydrogen (secondary N) is 2. The predicted octanol–water partition coefficient (Wildman–Crippen LogP) is 3.91. The Hall–Kier alpha value is -4.71. The van der Waals surface area contributed by atoms with Crippen molar-refractivity contribution in [3.8, 4) is 16.9 Å². The number of ether oxygens (including phenoxy) is 1. The van der Waals surface area contributed by atoms with Crippen molar-refractivity contribution < 1.29 is 60.2 Å². The molecule has 0 saturated carbocycles. The maximum Gasteiger partial charge on any atom is 0.490 e. The molecule has 0 aromatic heterocycles. The molecule has 55 heavy (non-hydrogen) atoms. The number of halogens is 6. The Morgan fingerprint density at radius 3 is 2.02 bits per heavy atom. The van der Waals surface area contributed by atoms with E-state index in [1.165, 1.54) is 11.1 Å². The molecule has 1 atom stereocenters. The molecular weight excluding hydrogens is 736 g/mol. The van der Waals surface area contributed by atoms with Gasteiger partial charge >= 0.3 is 18.3 Å². The lowest BCUT2D eigenvalue weighted by atomic mass is 9.99. The minimum absolute atomic E-state index is 0.0482. The second-order valence-electron chi connectivity index (χ2n) is 14.0. The molecule has 3 N–H and O–H groups in total. The maximum absolute atomic E-state index is 13.1. The standard InChI is InChI=1S/C34H45N5O2.2C2HF3O2/c1-26-23-38(14-13-35-26)25-28-7-5-9-30(19-28)32-21-27(11-12-33(32)41-4)22-36-34(40)31-10-6-8-29(20-31)24-37-15-17-39(2,3)18-16-37;2*3-2(4,5)1(6)7/h5-12,19-21,26,35H,13-18,22-25H2,1-4H3;2*(H,6,7)/t26-;;/m0../s1. The lowest BCUT2D eigenvalue weighted by Gasteiger charge is -2.39. The average molecular weight is 784 g/mol.